The molecule has 0 heterocycles. The lowest BCUT2D eigenvalue weighted by molar-refractivity contribution is -0.154. The average molecular weight is 286 g/mol. The van der Waals surface area contributed by atoms with Crippen molar-refractivity contribution in [2.45, 2.75) is 72.5 Å². The largest absolute Gasteiger partial charge is 0.462 e. The first-order valence-electron chi connectivity index (χ1n) is 7.10. The normalized spacial score (nSPS) is 15.1. The molecule has 0 aromatic carbocycles. The molecule has 116 valence electrons. The number of ketones is 1. The molecule has 0 amide bonds. The number of esters is 2. The Balaban J connectivity index is 4.36. The number of rotatable bonds is 9. The summed E-state index contributed by atoms with van der Waals surface area (Å²) in [7, 11) is 0. The van der Waals surface area contributed by atoms with Gasteiger partial charge in [-0.05, 0) is 26.2 Å². The highest BCUT2D eigenvalue weighted by Gasteiger charge is 2.21. The van der Waals surface area contributed by atoms with Gasteiger partial charge in [-0.15, -0.1) is 0 Å². The SMILES string of the molecule is CCC(C)CC(CC(C)OC(=O)CC(C)=O)OC(C)=O. The molecule has 3 unspecified atom stereocenters. The summed E-state index contributed by atoms with van der Waals surface area (Å²) in [4.78, 5) is 33.3. The predicted molar refractivity (Wildman–Crippen MR) is 75.1 cm³/mol. The van der Waals surface area contributed by atoms with Gasteiger partial charge in [-0.2, -0.15) is 0 Å². The quantitative estimate of drug-likeness (QED) is 0.481. The molecule has 20 heavy (non-hydrogen) atoms. The van der Waals surface area contributed by atoms with E-state index < -0.39 is 5.97 Å². The topological polar surface area (TPSA) is 69.7 Å². The zero-order valence-electron chi connectivity index (χ0n) is 13.1. The van der Waals surface area contributed by atoms with Crippen molar-refractivity contribution in [1.29, 1.82) is 0 Å². The third kappa shape index (κ3) is 9.53. The minimum absolute atomic E-state index is 0.214. The van der Waals surface area contributed by atoms with Crippen LogP contribution < -0.4 is 0 Å². The maximum atomic E-state index is 11.4. The summed E-state index contributed by atoms with van der Waals surface area (Å²) in [6, 6.07) is 0. The Hall–Kier alpha value is -1.39. The number of hydrogen-bond donors (Lipinski definition) is 0. The van der Waals surface area contributed by atoms with Crippen LogP contribution in [0, 0.1) is 5.92 Å². The minimum Gasteiger partial charge on any atom is -0.462 e. The fourth-order valence-corrected chi connectivity index (χ4v) is 1.93. The molecule has 0 saturated heterocycles. The van der Waals surface area contributed by atoms with Crippen molar-refractivity contribution in [1.82, 2.24) is 0 Å². The highest BCUT2D eigenvalue weighted by Crippen LogP contribution is 2.18. The Kier molecular flexibility index (Phi) is 8.84. The smallest absolute Gasteiger partial charge is 0.313 e. The van der Waals surface area contributed by atoms with Gasteiger partial charge >= 0.3 is 11.9 Å². The van der Waals surface area contributed by atoms with Crippen molar-refractivity contribution in [2.24, 2.45) is 5.92 Å². The lowest BCUT2D eigenvalue weighted by atomic mass is 9.97. The number of carbonyl (C=O) groups excluding carboxylic acids is 3. The average Bonchev–Trinajstić information content (AvgIpc) is 2.25. The van der Waals surface area contributed by atoms with E-state index in [9.17, 15) is 14.4 Å². The van der Waals surface area contributed by atoms with Gasteiger partial charge in [0.25, 0.3) is 0 Å². The van der Waals surface area contributed by atoms with Gasteiger partial charge in [-0.3, -0.25) is 14.4 Å². The van der Waals surface area contributed by atoms with Crippen molar-refractivity contribution >= 4 is 17.7 Å². The van der Waals surface area contributed by atoms with Crippen LogP contribution in [0.15, 0.2) is 0 Å². The summed E-state index contributed by atoms with van der Waals surface area (Å²) >= 11 is 0. The number of hydrogen-bond acceptors (Lipinski definition) is 5. The fourth-order valence-electron chi connectivity index (χ4n) is 1.93. The molecule has 3 atom stereocenters. The van der Waals surface area contributed by atoms with Gasteiger partial charge in [0.05, 0.1) is 0 Å². The van der Waals surface area contributed by atoms with E-state index in [1.807, 2.05) is 0 Å². The number of carbonyl (C=O) groups is 3. The van der Waals surface area contributed by atoms with Crippen LogP contribution in [0.5, 0.6) is 0 Å². The summed E-state index contributed by atoms with van der Waals surface area (Å²) in [5.41, 5.74) is 0. The standard InChI is InChI=1S/C15H26O5/c1-6-10(2)7-14(20-13(5)17)9-12(4)19-15(18)8-11(3)16/h10,12,14H,6-9H2,1-5H3. The van der Waals surface area contributed by atoms with E-state index in [1.54, 1.807) is 6.92 Å². The molecule has 0 bridgehead atoms. The fraction of sp³-hybridized carbons (Fsp3) is 0.800. The molecule has 0 aliphatic rings. The number of Topliss-reactive ketones (excluding diaryl/α,β-unsaturated/α-hetero) is 1. The summed E-state index contributed by atoms with van der Waals surface area (Å²) in [5.74, 6) is -0.659. The van der Waals surface area contributed by atoms with E-state index in [2.05, 4.69) is 13.8 Å². The highest BCUT2D eigenvalue weighted by atomic mass is 16.6. The zero-order chi connectivity index (χ0) is 15.7. The molecule has 0 fully saturated rings. The van der Waals surface area contributed by atoms with Crippen LogP contribution in [0.1, 0.15) is 60.3 Å². The molecule has 0 N–H and O–H groups in total. The van der Waals surface area contributed by atoms with E-state index in [1.165, 1.54) is 13.8 Å². The summed E-state index contributed by atoms with van der Waals surface area (Å²) in [6.45, 7) is 8.62. The van der Waals surface area contributed by atoms with E-state index in [4.69, 9.17) is 9.47 Å². The first-order valence-corrected chi connectivity index (χ1v) is 7.10. The molecule has 5 nitrogen and oxygen atoms in total. The second-order valence-electron chi connectivity index (χ2n) is 5.40. The van der Waals surface area contributed by atoms with Gasteiger partial charge in [0, 0.05) is 13.3 Å². The van der Waals surface area contributed by atoms with Gasteiger partial charge in [0.15, 0.2) is 0 Å². The molecule has 0 saturated carbocycles. The van der Waals surface area contributed by atoms with Crippen molar-refractivity contribution in [2.75, 3.05) is 0 Å². The van der Waals surface area contributed by atoms with Crippen LogP contribution >= 0.6 is 0 Å². The number of ether oxygens (including phenoxy) is 2. The van der Waals surface area contributed by atoms with Crippen LogP contribution in [0.25, 0.3) is 0 Å². The van der Waals surface area contributed by atoms with Crippen LogP contribution in [0.4, 0.5) is 0 Å². The van der Waals surface area contributed by atoms with Gasteiger partial charge in [-0.25, -0.2) is 0 Å². The third-order valence-corrected chi connectivity index (χ3v) is 3.02. The summed E-state index contributed by atoms with van der Waals surface area (Å²) < 4.78 is 10.4. The first-order chi connectivity index (χ1) is 9.24. The molecule has 0 aromatic rings. The Morgan fingerprint density at radius 3 is 2.05 bits per heavy atom. The van der Waals surface area contributed by atoms with Crippen molar-refractivity contribution in [3.05, 3.63) is 0 Å². The Morgan fingerprint density at radius 2 is 1.60 bits per heavy atom. The van der Waals surface area contributed by atoms with Crippen LogP contribution in [0.2, 0.25) is 0 Å². The minimum atomic E-state index is -0.532. The van der Waals surface area contributed by atoms with E-state index in [-0.39, 0.29) is 30.4 Å². The van der Waals surface area contributed by atoms with Crippen molar-refractivity contribution in [3.63, 3.8) is 0 Å². The zero-order valence-corrected chi connectivity index (χ0v) is 13.1. The second kappa shape index (κ2) is 9.50. The molecule has 0 aliphatic carbocycles. The monoisotopic (exact) mass is 286 g/mol. The first kappa shape index (κ1) is 18.6. The van der Waals surface area contributed by atoms with Gasteiger partial charge in [-0.1, -0.05) is 20.3 Å². The van der Waals surface area contributed by atoms with E-state index >= 15 is 0 Å². The maximum absolute atomic E-state index is 11.4. The molecule has 0 spiro atoms. The molecule has 0 aliphatic heterocycles. The van der Waals surface area contributed by atoms with E-state index in [0.717, 1.165) is 12.8 Å². The Morgan fingerprint density at radius 1 is 1.00 bits per heavy atom. The van der Waals surface area contributed by atoms with Gasteiger partial charge in [0.1, 0.15) is 24.4 Å². The molecule has 5 heteroatoms. The predicted octanol–water partition coefficient (Wildman–Crippen LogP) is 2.66. The van der Waals surface area contributed by atoms with Crippen LogP contribution in [-0.4, -0.2) is 29.9 Å². The van der Waals surface area contributed by atoms with Crippen LogP contribution in [-0.2, 0) is 23.9 Å². The molecule has 0 radical (unpaired) electrons. The second-order valence-corrected chi connectivity index (χ2v) is 5.40. The molecule has 0 rings (SSSR count). The highest BCUT2D eigenvalue weighted by molar-refractivity contribution is 5.94. The Bertz CT molecular complexity index is 337. The third-order valence-electron chi connectivity index (χ3n) is 3.02. The molecule has 0 aromatic heterocycles. The maximum Gasteiger partial charge on any atom is 0.313 e. The molecular weight excluding hydrogens is 260 g/mol. The summed E-state index contributed by atoms with van der Waals surface area (Å²) in [6.07, 6.45) is 1.33. The Labute approximate surface area is 121 Å². The molecular formula is C15H26O5. The van der Waals surface area contributed by atoms with Gasteiger partial charge in [0.2, 0.25) is 0 Å². The van der Waals surface area contributed by atoms with E-state index in [0.29, 0.717) is 12.3 Å². The van der Waals surface area contributed by atoms with Crippen LogP contribution in [0.3, 0.4) is 0 Å². The van der Waals surface area contributed by atoms with Gasteiger partial charge < -0.3 is 9.47 Å². The lowest BCUT2D eigenvalue weighted by Gasteiger charge is -2.23. The lowest BCUT2D eigenvalue weighted by Crippen LogP contribution is -2.27. The van der Waals surface area contributed by atoms with Crippen molar-refractivity contribution in [3.8, 4) is 0 Å². The summed E-state index contributed by atoms with van der Waals surface area (Å²) in [5, 5.41) is 0. The van der Waals surface area contributed by atoms with Crippen molar-refractivity contribution < 1.29 is 23.9 Å².